The molecule has 3 unspecified atom stereocenters. The van der Waals surface area contributed by atoms with E-state index < -0.39 is 11.7 Å². The zero-order valence-corrected chi connectivity index (χ0v) is 11.9. The van der Waals surface area contributed by atoms with Crippen molar-refractivity contribution < 1.29 is 17.9 Å². The van der Waals surface area contributed by atoms with Crippen LogP contribution in [0.1, 0.15) is 36.1 Å². The molecule has 0 bridgehead atoms. The van der Waals surface area contributed by atoms with Gasteiger partial charge in [0.15, 0.2) is 0 Å². The monoisotopic (exact) mass is 287 g/mol. The van der Waals surface area contributed by atoms with Gasteiger partial charge >= 0.3 is 6.18 Å². The summed E-state index contributed by atoms with van der Waals surface area (Å²) in [6.07, 6.45) is -3.15. The lowest BCUT2D eigenvalue weighted by molar-refractivity contribution is -0.137. The molecule has 0 amide bonds. The zero-order valence-electron chi connectivity index (χ0n) is 11.9. The largest absolute Gasteiger partial charge is 0.416 e. The van der Waals surface area contributed by atoms with Crippen molar-refractivity contribution in [3.63, 3.8) is 0 Å². The van der Waals surface area contributed by atoms with Gasteiger partial charge in [0.1, 0.15) is 0 Å². The first-order chi connectivity index (χ1) is 9.32. The van der Waals surface area contributed by atoms with Gasteiger partial charge in [-0.05, 0) is 50.6 Å². The van der Waals surface area contributed by atoms with Crippen LogP contribution in [-0.4, -0.2) is 19.8 Å². The summed E-state index contributed by atoms with van der Waals surface area (Å²) in [4.78, 5) is 0. The molecule has 1 aromatic carbocycles. The van der Waals surface area contributed by atoms with E-state index in [1.807, 2.05) is 14.0 Å². The lowest BCUT2D eigenvalue weighted by Crippen LogP contribution is -2.26. The first-order valence-electron chi connectivity index (χ1n) is 6.79. The van der Waals surface area contributed by atoms with Gasteiger partial charge in [0.2, 0.25) is 0 Å². The van der Waals surface area contributed by atoms with E-state index in [1.165, 1.54) is 6.07 Å². The lowest BCUT2D eigenvalue weighted by Gasteiger charge is -2.24. The minimum Gasteiger partial charge on any atom is -0.378 e. The van der Waals surface area contributed by atoms with Crippen molar-refractivity contribution in [1.29, 1.82) is 0 Å². The second-order valence-corrected chi connectivity index (χ2v) is 5.48. The fraction of sp³-hybridized carbons (Fsp3) is 0.600. The van der Waals surface area contributed by atoms with Crippen molar-refractivity contribution in [2.24, 2.45) is 5.92 Å². The average Bonchev–Trinajstić information content (AvgIpc) is 2.77. The van der Waals surface area contributed by atoms with E-state index in [4.69, 9.17) is 4.74 Å². The highest BCUT2D eigenvalue weighted by atomic mass is 19.4. The van der Waals surface area contributed by atoms with Gasteiger partial charge in [-0.3, -0.25) is 0 Å². The lowest BCUT2D eigenvalue weighted by atomic mass is 9.88. The van der Waals surface area contributed by atoms with Crippen molar-refractivity contribution in [2.75, 3.05) is 13.7 Å². The Morgan fingerprint density at radius 3 is 2.50 bits per heavy atom. The maximum atomic E-state index is 12.7. The summed E-state index contributed by atoms with van der Waals surface area (Å²) < 4.78 is 43.7. The van der Waals surface area contributed by atoms with Crippen LogP contribution in [0.3, 0.4) is 0 Å². The standard InChI is InChI=1S/C15H20F3NO/c1-9-6-12(15(16,17)18)4-5-13(9)14(19-3)11-7-10(2)20-8-11/h4-6,10-11,14,19H,7-8H2,1-3H3. The van der Waals surface area contributed by atoms with Crippen LogP contribution in [0.15, 0.2) is 18.2 Å². The van der Waals surface area contributed by atoms with Crippen molar-refractivity contribution in [3.05, 3.63) is 34.9 Å². The third-order valence-corrected chi connectivity index (χ3v) is 3.94. The van der Waals surface area contributed by atoms with Crippen molar-refractivity contribution in [1.82, 2.24) is 5.32 Å². The van der Waals surface area contributed by atoms with E-state index in [0.717, 1.165) is 18.1 Å². The van der Waals surface area contributed by atoms with Crippen LogP contribution in [0.25, 0.3) is 0 Å². The zero-order chi connectivity index (χ0) is 14.9. The van der Waals surface area contributed by atoms with Crippen LogP contribution in [0.2, 0.25) is 0 Å². The highest BCUT2D eigenvalue weighted by molar-refractivity contribution is 5.35. The number of alkyl halides is 3. The highest BCUT2D eigenvalue weighted by Gasteiger charge is 2.33. The molecule has 1 saturated heterocycles. The van der Waals surface area contributed by atoms with Gasteiger partial charge in [0.05, 0.1) is 18.3 Å². The summed E-state index contributed by atoms with van der Waals surface area (Å²) >= 11 is 0. The number of hydrogen-bond acceptors (Lipinski definition) is 2. The molecule has 1 N–H and O–H groups in total. The molecule has 1 fully saturated rings. The Morgan fingerprint density at radius 1 is 1.35 bits per heavy atom. The third kappa shape index (κ3) is 3.15. The minimum absolute atomic E-state index is 0.0298. The van der Waals surface area contributed by atoms with Crippen LogP contribution in [-0.2, 0) is 10.9 Å². The molecule has 5 heteroatoms. The Morgan fingerprint density at radius 2 is 2.05 bits per heavy atom. The molecule has 1 aromatic rings. The Hall–Kier alpha value is -1.07. The first kappa shape index (κ1) is 15.3. The van der Waals surface area contributed by atoms with Gasteiger partial charge in [-0.2, -0.15) is 13.2 Å². The molecular weight excluding hydrogens is 267 g/mol. The van der Waals surface area contributed by atoms with Crippen molar-refractivity contribution >= 4 is 0 Å². The second kappa shape index (κ2) is 5.74. The van der Waals surface area contributed by atoms with Gasteiger partial charge in [0.25, 0.3) is 0 Å². The van der Waals surface area contributed by atoms with Crippen LogP contribution in [0.5, 0.6) is 0 Å². The number of rotatable bonds is 3. The Bertz CT molecular complexity index is 473. The van der Waals surface area contributed by atoms with Crippen LogP contribution < -0.4 is 5.32 Å². The number of benzene rings is 1. The number of nitrogens with one attached hydrogen (secondary N) is 1. The third-order valence-electron chi connectivity index (χ3n) is 3.94. The molecule has 2 rings (SSSR count). The Kier molecular flexibility index (Phi) is 4.39. The highest BCUT2D eigenvalue weighted by Crippen LogP contribution is 2.36. The predicted octanol–water partition coefficient (Wildman–Crippen LogP) is 3.70. The molecule has 1 aliphatic rings. The summed E-state index contributed by atoms with van der Waals surface area (Å²) in [7, 11) is 1.84. The summed E-state index contributed by atoms with van der Waals surface area (Å²) in [6, 6.07) is 4.00. The van der Waals surface area contributed by atoms with Gasteiger partial charge in [-0.15, -0.1) is 0 Å². The normalized spacial score (nSPS) is 24.9. The number of aryl methyl sites for hydroxylation is 1. The van der Waals surface area contributed by atoms with Crippen molar-refractivity contribution in [3.8, 4) is 0 Å². The maximum absolute atomic E-state index is 12.7. The molecule has 1 aliphatic heterocycles. The summed E-state index contributed by atoms with van der Waals surface area (Å²) in [5, 5.41) is 3.22. The second-order valence-electron chi connectivity index (χ2n) is 5.48. The van der Waals surface area contributed by atoms with Gasteiger partial charge in [0, 0.05) is 12.0 Å². The molecule has 1 heterocycles. The van der Waals surface area contributed by atoms with Gasteiger partial charge in [-0.1, -0.05) is 6.07 Å². The van der Waals surface area contributed by atoms with Gasteiger partial charge in [-0.25, -0.2) is 0 Å². The fourth-order valence-electron chi connectivity index (χ4n) is 2.93. The summed E-state index contributed by atoms with van der Waals surface area (Å²) in [6.45, 7) is 4.40. The molecular formula is C15H20F3NO. The Balaban J connectivity index is 2.27. The predicted molar refractivity (Wildman–Crippen MR) is 71.5 cm³/mol. The molecule has 0 radical (unpaired) electrons. The quantitative estimate of drug-likeness (QED) is 0.915. The first-order valence-corrected chi connectivity index (χ1v) is 6.79. The minimum atomic E-state index is -4.29. The SMILES string of the molecule is CNC(c1ccc(C(F)(F)F)cc1C)C1COC(C)C1. The molecule has 0 saturated carbocycles. The van der Waals surface area contributed by atoms with Gasteiger partial charge < -0.3 is 10.1 Å². The fourth-order valence-corrected chi connectivity index (χ4v) is 2.93. The summed E-state index contributed by atoms with van der Waals surface area (Å²) in [5.41, 5.74) is 0.992. The van der Waals surface area contributed by atoms with E-state index in [1.54, 1.807) is 13.0 Å². The van der Waals surface area contributed by atoms with Crippen LogP contribution in [0, 0.1) is 12.8 Å². The smallest absolute Gasteiger partial charge is 0.378 e. The van der Waals surface area contributed by atoms with Crippen LogP contribution in [0.4, 0.5) is 13.2 Å². The topological polar surface area (TPSA) is 21.3 Å². The van der Waals surface area contributed by atoms with E-state index in [2.05, 4.69) is 5.32 Å². The molecule has 0 spiro atoms. The maximum Gasteiger partial charge on any atom is 0.416 e. The molecule has 20 heavy (non-hydrogen) atoms. The molecule has 2 nitrogen and oxygen atoms in total. The van der Waals surface area contributed by atoms with Crippen LogP contribution >= 0.6 is 0 Å². The number of halogens is 3. The summed E-state index contributed by atoms with van der Waals surface area (Å²) in [5.74, 6) is 0.297. The molecule has 0 aromatic heterocycles. The Labute approximate surface area is 117 Å². The van der Waals surface area contributed by atoms with Crippen molar-refractivity contribution in [2.45, 2.75) is 38.6 Å². The molecule has 3 atom stereocenters. The van der Waals surface area contributed by atoms with E-state index in [-0.39, 0.29) is 12.1 Å². The number of hydrogen-bond donors (Lipinski definition) is 1. The van der Waals surface area contributed by atoms with E-state index in [9.17, 15) is 13.2 Å². The average molecular weight is 287 g/mol. The molecule has 112 valence electrons. The van der Waals surface area contributed by atoms with E-state index >= 15 is 0 Å². The number of ether oxygens (including phenoxy) is 1. The van der Waals surface area contributed by atoms with E-state index in [0.29, 0.717) is 18.1 Å². The molecule has 0 aliphatic carbocycles.